The van der Waals surface area contributed by atoms with Gasteiger partial charge in [-0.2, -0.15) is 0 Å². The summed E-state index contributed by atoms with van der Waals surface area (Å²) in [6.45, 7) is 0. The molecule has 0 aliphatic carbocycles. The minimum atomic E-state index is -0.572. The fourth-order valence-corrected chi connectivity index (χ4v) is 3.11. The monoisotopic (exact) mass is 366 g/mol. The summed E-state index contributed by atoms with van der Waals surface area (Å²) in [7, 11) is 0. The van der Waals surface area contributed by atoms with Crippen LogP contribution in [0.3, 0.4) is 0 Å². The summed E-state index contributed by atoms with van der Waals surface area (Å²) in [4.78, 5) is 27.6. The number of hydrogen-bond acceptors (Lipinski definition) is 7. The summed E-state index contributed by atoms with van der Waals surface area (Å²) in [6, 6.07) is 13.2. The van der Waals surface area contributed by atoms with Crippen molar-refractivity contribution in [2.24, 2.45) is 4.99 Å². The smallest absolute Gasteiger partial charge is 0.363 e. The maximum atomic E-state index is 12.0. The van der Waals surface area contributed by atoms with Gasteiger partial charge in [0.25, 0.3) is 5.69 Å². The number of nitro benzene ring substituents is 1. The molecule has 0 unspecified atom stereocenters. The molecule has 128 valence electrons. The first kappa shape index (κ1) is 16.0. The molecule has 1 aliphatic rings. The topological polar surface area (TPSA) is 94.9 Å². The Labute approximate surface area is 151 Å². The predicted molar refractivity (Wildman–Crippen MR) is 95.7 cm³/mol. The highest BCUT2D eigenvalue weighted by molar-refractivity contribution is 7.12. The number of aliphatic imine (C=N–C) groups is 1. The molecule has 26 heavy (non-hydrogen) atoms. The molecule has 3 heterocycles. The Hall–Kier alpha value is -3.52. The number of hydrogen-bond donors (Lipinski definition) is 0. The maximum Gasteiger partial charge on any atom is 0.363 e. The molecule has 1 aliphatic heterocycles. The molecule has 0 N–H and O–H groups in total. The molecule has 0 bridgehead atoms. The number of esters is 1. The zero-order valence-electron chi connectivity index (χ0n) is 13.1. The molecule has 2 aromatic heterocycles. The van der Waals surface area contributed by atoms with Crippen molar-refractivity contribution in [2.75, 3.05) is 0 Å². The SMILES string of the molecule is O=C1OC(c2cccs2)=N/C1=C/c1ccc(-c2ccccc2[N+](=O)[O-])o1. The van der Waals surface area contributed by atoms with Crippen molar-refractivity contribution < 1.29 is 18.9 Å². The Bertz CT molecular complexity index is 1060. The standard InChI is InChI=1S/C18H10N2O5S/c21-18-13(19-17(25-18)16-6-3-9-26-16)10-11-7-8-15(24-11)12-4-1-2-5-14(12)20(22)23/h1-10H/b13-10+. The zero-order valence-corrected chi connectivity index (χ0v) is 13.9. The van der Waals surface area contributed by atoms with Crippen LogP contribution in [-0.2, 0) is 9.53 Å². The van der Waals surface area contributed by atoms with E-state index in [1.165, 1.54) is 23.5 Å². The summed E-state index contributed by atoms with van der Waals surface area (Å²) in [5, 5.41) is 13.0. The van der Waals surface area contributed by atoms with Gasteiger partial charge in [0.05, 0.1) is 15.4 Å². The summed E-state index contributed by atoms with van der Waals surface area (Å²) in [6.07, 6.45) is 1.45. The van der Waals surface area contributed by atoms with Gasteiger partial charge in [-0.15, -0.1) is 11.3 Å². The molecular weight excluding hydrogens is 356 g/mol. The Kier molecular flexibility index (Phi) is 3.94. The molecule has 0 amide bonds. The van der Waals surface area contributed by atoms with Gasteiger partial charge in [0.2, 0.25) is 5.90 Å². The maximum absolute atomic E-state index is 12.0. The molecule has 0 radical (unpaired) electrons. The van der Waals surface area contributed by atoms with Gasteiger partial charge >= 0.3 is 5.97 Å². The number of ether oxygens (including phenoxy) is 1. The second-order valence-electron chi connectivity index (χ2n) is 5.29. The summed E-state index contributed by atoms with van der Waals surface area (Å²) in [5.74, 6) is 0.359. The van der Waals surface area contributed by atoms with Gasteiger partial charge < -0.3 is 9.15 Å². The lowest BCUT2D eigenvalue weighted by atomic mass is 10.1. The van der Waals surface area contributed by atoms with E-state index in [0.717, 1.165) is 4.88 Å². The molecule has 0 spiro atoms. The number of para-hydroxylation sites is 1. The fraction of sp³-hybridized carbons (Fsp3) is 0. The van der Waals surface area contributed by atoms with Crippen molar-refractivity contribution in [2.45, 2.75) is 0 Å². The first-order chi connectivity index (χ1) is 12.6. The van der Waals surface area contributed by atoms with Gasteiger partial charge in [-0.05, 0) is 29.6 Å². The molecule has 7 nitrogen and oxygen atoms in total. The number of carbonyl (C=O) groups excluding carboxylic acids is 1. The van der Waals surface area contributed by atoms with Crippen molar-refractivity contribution in [3.63, 3.8) is 0 Å². The van der Waals surface area contributed by atoms with Gasteiger partial charge in [-0.25, -0.2) is 9.79 Å². The third-order valence-corrected chi connectivity index (χ3v) is 4.48. The van der Waals surface area contributed by atoms with E-state index in [4.69, 9.17) is 9.15 Å². The van der Waals surface area contributed by atoms with Crippen molar-refractivity contribution in [1.82, 2.24) is 0 Å². The summed E-state index contributed by atoms with van der Waals surface area (Å²) in [5.41, 5.74) is 0.412. The molecule has 1 aromatic carbocycles. The lowest BCUT2D eigenvalue weighted by Crippen LogP contribution is -2.03. The van der Waals surface area contributed by atoms with Gasteiger partial charge in [0.15, 0.2) is 5.70 Å². The Morgan fingerprint density at radius 1 is 1.12 bits per heavy atom. The van der Waals surface area contributed by atoms with E-state index in [2.05, 4.69) is 4.99 Å². The van der Waals surface area contributed by atoms with Crippen LogP contribution in [0.15, 0.2) is 69.0 Å². The normalized spacial score (nSPS) is 15.2. The molecular formula is C18H10N2O5S. The molecule has 8 heteroatoms. The first-order valence-electron chi connectivity index (χ1n) is 7.52. The van der Waals surface area contributed by atoms with Crippen molar-refractivity contribution in [1.29, 1.82) is 0 Å². The zero-order chi connectivity index (χ0) is 18.1. The lowest BCUT2D eigenvalue weighted by Gasteiger charge is -1.98. The Morgan fingerprint density at radius 3 is 2.73 bits per heavy atom. The Balaban J connectivity index is 1.66. The second kappa shape index (κ2) is 6.41. The third-order valence-electron chi connectivity index (χ3n) is 3.62. The number of furan rings is 1. The van der Waals surface area contributed by atoms with Crippen LogP contribution in [-0.4, -0.2) is 16.8 Å². The van der Waals surface area contributed by atoms with Crippen LogP contribution < -0.4 is 0 Å². The van der Waals surface area contributed by atoms with Gasteiger partial charge in [0.1, 0.15) is 11.5 Å². The first-order valence-corrected chi connectivity index (χ1v) is 8.40. The van der Waals surface area contributed by atoms with Gasteiger partial charge in [-0.3, -0.25) is 10.1 Å². The minimum Gasteiger partial charge on any atom is -0.456 e. The highest BCUT2D eigenvalue weighted by Crippen LogP contribution is 2.31. The van der Waals surface area contributed by atoms with Crippen LogP contribution in [0, 0.1) is 10.1 Å². The third kappa shape index (κ3) is 2.93. The van der Waals surface area contributed by atoms with Crippen LogP contribution in [0.2, 0.25) is 0 Å². The van der Waals surface area contributed by atoms with E-state index in [-0.39, 0.29) is 17.3 Å². The van der Waals surface area contributed by atoms with Crippen LogP contribution in [0.5, 0.6) is 0 Å². The van der Waals surface area contributed by atoms with Crippen LogP contribution >= 0.6 is 11.3 Å². The number of nitrogens with zero attached hydrogens (tertiary/aromatic N) is 2. The number of benzene rings is 1. The van der Waals surface area contributed by atoms with Crippen molar-refractivity contribution >= 4 is 35.0 Å². The van der Waals surface area contributed by atoms with E-state index in [0.29, 0.717) is 17.1 Å². The lowest BCUT2D eigenvalue weighted by molar-refractivity contribution is -0.384. The van der Waals surface area contributed by atoms with Crippen molar-refractivity contribution in [3.8, 4) is 11.3 Å². The quantitative estimate of drug-likeness (QED) is 0.297. The van der Waals surface area contributed by atoms with Crippen LogP contribution in [0.25, 0.3) is 17.4 Å². The minimum absolute atomic E-state index is 0.0562. The largest absolute Gasteiger partial charge is 0.456 e. The van der Waals surface area contributed by atoms with Gasteiger partial charge in [0, 0.05) is 12.1 Å². The van der Waals surface area contributed by atoms with Gasteiger partial charge in [-0.1, -0.05) is 18.2 Å². The van der Waals surface area contributed by atoms with Crippen LogP contribution in [0.4, 0.5) is 5.69 Å². The molecule has 4 rings (SSSR count). The molecule has 0 saturated carbocycles. The van der Waals surface area contributed by atoms with Crippen molar-refractivity contribution in [3.05, 3.63) is 80.4 Å². The molecule has 0 fully saturated rings. The average molecular weight is 366 g/mol. The average Bonchev–Trinajstić information content (AvgIpc) is 3.37. The molecule has 0 saturated heterocycles. The van der Waals surface area contributed by atoms with E-state index >= 15 is 0 Å². The number of rotatable bonds is 4. The predicted octanol–water partition coefficient (Wildman–Crippen LogP) is 4.26. The summed E-state index contributed by atoms with van der Waals surface area (Å²) >= 11 is 1.41. The number of cyclic esters (lactones) is 1. The van der Waals surface area contributed by atoms with E-state index in [1.54, 1.807) is 36.4 Å². The number of carbonyl (C=O) groups is 1. The highest BCUT2D eigenvalue weighted by atomic mass is 32.1. The number of thiophene rings is 1. The van der Waals surface area contributed by atoms with E-state index in [9.17, 15) is 14.9 Å². The summed E-state index contributed by atoms with van der Waals surface area (Å²) < 4.78 is 10.8. The fourth-order valence-electron chi connectivity index (χ4n) is 2.47. The Morgan fingerprint density at radius 2 is 1.96 bits per heavy atom. The second-order valence-corrected chi connectivity index (χ2v) is 6.24. The van der Waals surface area contributed by atoms with E-state index < -0.39 is 10.9 Å². The highest BCUT2D eigenvalue weighted by Gasteiger charge is 2.25. The van der Waals surface area contributed by atoms with E-state index in [1.807, 2.05) is 11.4 Å². The number of nitro groups is 1. The molecule has 0 atom stereocenters. The van der Waals surface area contributed by atoms with Crippen LogP contribution in [0.1, 0.15) is 10.6 Å². The molecule has 3 aromatic rings.